The summed E-state index contributed by atoms with van der Waals surface area (Å²) in [4.78, 5) is 2.81. The fourth-order valence-corrected chi connectivity index (χ4v) is 2.04. The maximum Gasteiger partial charge on any atom is 0.00885 e. The summed E-state index contributed by atoms with van der Waals surface area (Å²) in [5, 5.41) is 1.34. The average Bonchev–Trinajstić information content (AvgIpc) is 1.85. The minimum Gasteiger partial charge on any atom is -0.145 e. The zero-order valence-corrected chi connectivity index (χ0v) is 7.03. The van der Waals surface area contributed by atoms with Gasteiger partial charge in [-0.3, -0.25) is 0 Å². The maximum atomic E-state index is 2.72. The summed E-state index contributed by atoms with van der Waals surface area (Å²) >= 11 is 1.85. The van der Waals surface area contributed by atoms with Gasteiger partial charge in [0.25, 0.3) is 0 Å². The smallest absolute Gasteiger partial charge is 0.00885 e. The summed E-state index contributed by atoms with van der Waals surface area (Å²) in [5.74, 6) is 0. The molecule has 1 unspecified atom stereocenters. The number of aryl methyl sites for hydroxylation is 2. The lowest BCUT2D eigenvalue weighted by Crippen LogP contribution is -1.84. The molecule has 0 saturated carbocycles. The zero-order chi connectivity index (χ0) is 6.15. The van der Waals surface area contributed by atoms with E-state index in [9.17, 15) is 0 Å². The molecule has 8 heavy (non-hydrogen) atoms. The number of rotatable bonds is 0. The maximum absolute atomic E-state index is 2.72. The van der Waals surface area contributed by atoms with Crippen molar-refractivity contribution in [3.63, 3.8) is 0 Å². The monoisotopic (exact) mass is 144 g/mol. The van der Waals surface area contributed by atoms with Crippen LogP contribution in [-0.2, 0) is 0 Å². The van der Waals surface area contributed by atoms with Crippen molar-refractivity contribution in [3.8, 4) is 0 Å². The van der Waals surface area contributed by atoms with Crippen LogP contribution >= 0.6 is 20.6 Å². The molecule has 0 spiro atoms. The second-order valence-corrected chi connectivity index (χ2v) is 3.95. The molecule has 0 radical (unpaired) electrons. The van der Waals surface area contributed by atoms with Crippen LogP contribution < -0.4 is 5.30 Å². The van der Waals surface area contributed by atoms with Crippen LogP contribution in [0, 0.1) is 13.8 Å². The predicted molar refractivity (Wildman–Crippen MR) is 43.1 cm³/mol. The Morgan fingerprint density at radius 2 is 2.12 bits per heavy atom. The van der Waals surface area contributed by atoms with E-state index in [4.69, 9.17) is 0 Å². The van der Waals surface area contributed by atoms with Crippen LogP contribution in [0.1, 0.15) is 9.75 Å². The highest BCUT2D eigenvalue weighted by Crippen LogP contribution is 2.13. The van der Waals surface area contributed by atoms with Crippen LogP contribution in [0.2, 0.25) is 0 Å². The molecule has 0 aromatic carbocycles. The standard InChI is InChI=1S/C6H9PS/c1-4-3-6(7)5(2)8-4/h3H,7H2,1-2H3. The van der Waals surface area contributed by atoms with E-state index in [1.807, 2.05) is 11.3 Å². The van der Waals surface area contributed by atoms with Gasteiger partial charge in [0.15, 0.2) is 0 Å². The summed E-state index contributed by atoms with van der Waals surface area (Å²) in [6.45, 7) is 4.27. The van der Waals surface area contributed by atoms with Gasteiger partial charge in [-0.15, -0.1) is 20.6 Å². The van der Waals surface area contributed by atoms with Gasteiger partial charge >= 0.3 is 0 Å². The predicted octanol–water partition coefficient (Wildman–Crippen LogP) is 1.87. The molecule has 2 heteroatoms. The molecule has 0 N–H and O–H groups in total. The van der Waals surface area contributed by atoms with Gasteiger partial charge in [-0.25, -0.2) is 0 Å². The molecule has 0 aliphatic rings. The van der Waals surface area contributed by atoms with Gasteiger partial charge in [0.1, 0.15) is 0 Å². The fourth-order valence-electron chi connectivity index (χ4n) is 0.650. The third-order valence-electron chi connectivity index (χ3n) is 1.08. The average molecular weight is 144 g/mol. The topological polar surface area (TPSA) is 0 Å². The summed E-state index contributed by atoms with van der Waals surface area (Å²) in [7, 11) is 2.72. The van der Waals surface area contributed by atoms with E-state index in [0.717, 1.165) is 0 Å². The molecule has 0 nitrogen and oxygen atoms in total. The highest BCUT2D eigenvalue weighted by atomic mass is 32.1. The normalized spacial score (nSPS) is 9.88. The number of thiophene rings is 1. The van der Waals surface area contributed by atoms with E-state index < -0.39 is 0 Å². The van der Waals surface area contributed by atoms with E-state index in [0.29, 0.717) is 0 Å². The van der Waals surface area contributed by atoms with Crippen LogP contribution in [0.25, 0.3) is 0 Å². The zero-order valence-electron chi connectivity index (χ0n) is 5.06. The fraction of sp³-hybridized carbons (Fsp3) is 0.333. The Labute approximate surface area is 56.1 Å². The lowest BCUT2D eigenvalue weighted by molar-refractivity contribution is 1.65. The Morgan fingerprint density at radius 3 is 2.25 bits per heavy atom. The minimum absolute atomic E-state index is 1.34. The van der Waals surface area contributed by atoms with E-state index in [2.05, 4.69) is 29.2 Å². The van der Waals surface area contributed by atoms with E-state index in [-0.39, 0.29) is 0 Å². The Balaban J connectivity index is 3.14. The Kier molecular flexibility index (Phi) is 1.69. The molecule has 1 heterocycles. The Morgan fingerprint density at radius 1 is 1.50 bits per heavy atom. The van der Waals surface area contributed by atoms with Gasteiger partial charge < -0.3 is 0 Å². The second-order valence-electron chi connectivity index (χ2n) is 1.87. The molecular formula is C6H9PS. The summed E-state index contributed by atoms with van der Waals surface area (Å²) in [5.41, 5.74) is 0. The quantitative estimate of drug-likeness (QED) is 0.487. The molecule has 0 amide bonds. The van der Waals surface area contributed by atoms with E-state index in [1.54, 1.807) is 0 Å². The molecule has 0 bridgehead atoms. The molecule has 1 aromatic heterocycles. The molecule has 0 saturated heterocycles. The minimum atomic E-state index is 1.34. The first-order valence-corrected chi connectivity index (χ1v) is 3.92. The van der Waals surface area contributed by atoms with Gasteiger partial charge in [-0.1, -0.05) is 0 Å². The molecule has 0 aliphatic heterocycles. The van der Waals surface area contributed by atoms with Gasteiger partial charge in [0.05, 0.1) is 0 Å². The first-order valence-electron chi connectivity index (χ1n) is 2.52. The van der Waals surface area contributed by atoms with Crippen LogP contribution in [0.3, 0.4) is 0 Å². The summed E-state index contributed by atoms with van der Waals surface area (Å²) < 4.78 is 0. The number of hydrogen-bond donors (Lipinski definition) is 0. The highest BCUT2D eigenvalue weighted by Gasteiger charge is 1.93. The van der Waals surface area contributed by atoms with Crippen LogP contribution in [0.15, 0.2) is 6.07 Å². The van der Waals surface area contributed by atoms with Gasteiger partial charge in [-0.05, 0) is 25.2 Å². The van der Waals surface area contributed by atoms with Crippen LogP contribution in [0.5, 0.6) is 0 Å². The third kappa shape index (κ3) is 1.10. The lowest BCUT2D eigenvalue weighted by atomic mass is 10.4. The number of hydrogen-bond acceptors (Lipinski definition) is 1. The molecule has 0 aliphatic carbocycles. The van der Waals surface area contributed by atoms with Gasteiger partial charge in [0, 0.05) is 9.75 Å². The highest BCUT2D eigenvalue weighted by molar-refractivity contribution is 7.30. The van der Waals surface area contributed by atoms with Crippen molar-refractivity contribution >= 4 is 25.9 Å². The third-order valence-corrected chi connectivity index (χ3v) is 2.87. The van der Waals surface area contributed by atoms with E-state index >= 15 is 0 Å². The van der Waals surface area contributed by atoms with Crippen molar-refractivity contribution in [2.75, 3.05) is 0 Å². The SMILES string of the molecule is Cc1cc(P)c(C)s1. The molecule has 0 fully saturated rings. The Hall–Kier alpha value is 0.130. The first-order chi connectivity index (χ1) is 3.70. The van der Waals surface area contributed by atoms with Crippen molar-refractivity contribution in [3.05, 3.63) is 15.8 Å². The summed E-state index contributed by atoms with van der Waals surface area (Å²) in [6.07, 6.45) is 0. The molecule has 1 aromatic rings. The molecular weight excluding hydrogens is 135 g/mol. The Bertz CT molecular complexity index is 171. The first kappa shape index (κ1) is 6.25. The van der Waals surface area contributed by atoms with Crippen LogP contribution in [-0.4, -0.2) is 0 Å². The van der Waals surface area contributed by atoms with Gasteiger partial charge in [-0.2, -0.15) is 0 Å². The lowest BCUT2D eigenvalue weighted by Gasteiger charge is -1.79. The van der Waals surface area contributed by atoms with Crippen molar-refractivity contribution in [2.45, 2.75) is 13.8 Å². The van der Waals surface area contributed by atoms with Gasteiger partial charge in [0.2, 0.25) is 0 Å². The van der Waals surface area contributed by atoms with Crippen LogP contribution in [0.4, 0.5) is 0 Å². The van der Waals surface area contributed by atoms with E-state index in [1.165, 1.54) is 15.1 Å². The molecule has 1 atom stereocenters. The largest absolute Gasteiger partial charge is 0.145 e. The van der Waals surface area contributed by atoms with Crippen molar-refractivity contribution < 1.29 is 0 Å². The molecule has 44 valence electrons. The van der Waals surface area contributed by atoms with Crippen molar-refractivity contribution in [1.29, 1.82) is 0 Å². The van der Waals surface area contributed by atoms with Crippen molar-refractivity contribution in [2.24, 2.45) is 0 Å². The summed E-state index contributed by atoms with van der Waals surface area (Å²) in [6, 6.07) is 2.19. The second kappa shape index (κ2) is 2.16. The van der Waals surface area contributed by atoms with Crippen molar-refractivity contribution in [1.82, 2.24) is 0 Å². The molecule has 1 rings (SSSR count).